The van der Waals surface area contributed by atoms with Crippen molar-refractivity contribution in [1.29, 1.82) is 0 Å². The second-order valence-electron chi connectivity index (χ2n) is 4.89. The molecule has 126 valence electrons. The van der Waals surface area contributed by atoms with E-state index in [9.17, 15) is 4.79 Å². The van der Waals surface area contributed by atoms with Crippen molar-refractivity contribution in [3.05, 3.63) is 59.1 Å². The molecule has 0 aliphatic heterocycles. The average Bonchev–Trinajstić information content (AvgIpc) is 2.62. The van der Waals surface area contributed by atoms with Crippen molar-refractivity contribution < 1.29 is 14.3 Å². The van der Waals surface area contributed by atoms with Gasteiger partial charge in [0.1, 0.15) is 0 Å². The fourth-order valence-electron chi connectivity index (χ4n) is 2.03. The van der Waals surface area contributed by atoms with E-state index in [0.29, 0.717) is 22.9 Å². The second kappa shape index (κ2) is 8.93. The lowest BCUT2D eigenvalue weighted by Crippen LogP contribution is -2.26. The molecule has 1 amide bonds. The number of para-hydroxylation sites is 2. The van der Waals surface area contributed by atoms with Crippen LogP contribution in [-0.2, 0) is 4.79 Å². The molecule has 0 saturated carbocycles. The Morgan fingerprint density at radius 2 is 1.79 bits per heavy atom. The Morgan fingerprint density at radius 1 is 1.12 bits per heavy atom. The molecule has 24 heavy (non-hydrogen) atoms. The molecule has 0 fully saturated rings. The minimum absolute atomic E-state index is 0.151. The molecule has 0 atom stereocenters. The molecule has 0 bridgehead atoms. The Balaban J connectivity index is 1.94. The van der Waals surface area contributed by atoms with Gasteiger partial charge in [0.05, 0.1) is 12.8 Å². The van der Waals surface area contributed by atoms with Gasteiger partial charge in [-0.05, 0) is 36.2 Å². The zero-order valence-corrected chi connectivity index (χ0v) is 14.3. The lowest BCUT2D eigenvalue weighted by molar-refractivity contribution is -0.123. The largest absolute Gasteiger partial charge is 0.493 e. The van der Waals surface area contributed by atoms with Crippen LogP contribution >= 0.6 is 11.6 Å². The second-order valence-corrected chi connectivity index (χ2v) is 5.33. The number of methoxy groups -OCH3 is 1. The van der Waals surface area contributed by atoms with Crippen LogP contribution in [-0.4, -0.2) is 25.3 Å². The Hall–Kier alpha value is -2.53. The average molecular weight is 347 g/mol. The van der Waals surface area contributed by atoms with Crippen LogP contribution < -0.4 is 14.9 Å². The summed E-state index contributed by atoms with van der Waals surface area (Å²) < 4.78 is 10.6. The van der Waals surface area contributed by atoms with E-state index >= 15 is 0 Å². The molecule has 5 nitrogen and oxygen atoms in total. The molecule has 2 aromatic rings. The Bertz CT molecular complexity index is 714. The minimum atomic E-state index is -0.346. The van der Waals surface area contributed by atoms with Crippen molar-refractivity contribution >= 4 is 23.2 Å². The van der Waals surface area contributed by atoms with Crippen LogP contribution in [0.1, 0.15) is 18.9 Å². The van der Waals surface area contributed by atoms with Gasteiger partial charge in [-0.2, -0.15) is 5.10 Å². The quantitative estimate of drug-likeness (QED) is 0.615. The summed E-state index contributed by atoms with van der Waals surface area (Å²) in [5.41, 5.74) is 4.18. The molecule has 0 saturated heterocycles. The van der Waals surface area contributed by atoms with Crippen molar-refractivity contribution in [2.75, 3.05) is 13.7 Å². The zero-order valence-electron chi connectivity index (χ0n) is 13.6. The zero-order chi connectivity index (χ0) is 17.4. The molecular formula is C18H19ClN2O3. The summed E-state index contributed by atoms with van der Waals surface area (Å²) in [5.74, 6) is 0.734. The third kappa shape index (κ3) is 4.99. The lowest BCUT2D eigenvalue weighted by Gasteiger charge is -2.10. The molecule has 0 radical (unpaired) electrons. The SMILES string of the molecule is CC/C(=N/NC(=O)COc1ccccc1OC)c1ccc(Cl)cc1. The maximum absolute atomic E-state index is 11.9. The van der Waals surface area contributed by atoms with Crippen molar-refractivity contribution in [1.82, 2.24) is 5.43 Å². The molecule has 0 aliphatic rings. The highest BCUT2D eigenvalue weighted by Crippen LogP contribution is 2.25. The number of rotatable bonds is 7. The van der Waals surface area contributed by atoms with Crippen LogP contribution in [0.2, 0.25) is 5.02 Å². The Morgan fingerprint density at radius 3 is 2.42 bits per heavy atom. The van der Waals surface area contributed by atoms with Gasteiger partial charge in [-0.25, -0.2) is 5.43 Å². The van der Waals surface area contributed by atoms with E-state index in [0.717, 1.165) is 11.3 Å². The van der Waals surface area contributed by atoms with E-state index in [1.165, 1.54) is 0 Å². The highest BCUT2D eigenvalue weighted by molar-refractivity contribution is 6.30. The van der Waals surface area contributed by atoms with E-state index in [-0.39, 0.29) is 12.5 Å². The third-order valence-corrected chi connectivity index (χ3v) is 3.51. The van der Waals surface area contributed by atoms with Gasteiger partial charge in [0.15, 0.2) is 18.1 Å². The first-order valence-electron chi connectivity index (χ1n) is 7.51. The fourth-order valence-corrected chi connectivity index (χ4v) is 2.16. The van der Waals surface area contributed by atoms with Gasteiger partial charge in [-0.15, -0.1) is 0 Å². The van der Waals surface area contributed by atoms with Crippen molar-refractivity contribution in [3.8, 4) is 11.5 Å². The van der Waals surface area contributed by atoms with Gasteiger partial charge < -0.3 is 9.47 Å². The number of nitrogens with zero attached hydrogens (tertiary/aromatic N) is 1. The van der Waals surface area contributed by atoms with Crippen LogP contribution in [0.5, 0.6) is 11.5 Å². The number of halogens is 1. The maximum Gasteiger partial charge on any atom is 0.277 e. The number of hydrogen-bond acceptors (Lipinski definition) is 4. The first kappa shape index (κ1) is 17.8. The number of hydrogen-bond donors (Lipinski definition) is 1. The van der Waals surface area contributed by atoms with E-state index < -0.39 is 0 Å². The summed E-state index contributed by atoms with van der Waals surface area (Å²) in [4.78, 5) is 11.9. The highest BCUT2D eigenvalue weighted by atomic mass is 35.5. The molecule has 6 heteroatoms. The first-order valence-corrected chi connectivity index (χ1v) is 7.89. The van der Waals surface area contributed by atoms with Crippen molar-refractivity contribution in [2.24, 2.45) is 5.10 Å². The van der Waals surface area contributed by atoms with Crippen molar-refractivity contribution in [2.45, 2.75) is 13.3 Å². The van der Waals surface area contributed by atoms with Gasteiger partial charge in [0.2, 0.25) is 0 Å². The monoisotopic (exact) mass is 346 g/mol. The van der Waals surface area contributed by atoms with E-state index in [4.69, 9.17) is 21.1 Å². The van der Waals surface area contributed by atoms with Crippen LogP contribution in [0, 0.1) is 0 Å². The highest BCUT2D eigenvalue weighted by Gasteiger charge is 2.07. The van der Waals surface area contributed by atoms with Gasteiger partial charge in [0, 0.05) is 5.02 Å². The number of nitrogens with one attached hydrogen (secondary N) is 1. The molecule has 0 aliphatic carbocycles. The molecule has 0 spiro atoms. The number of carbonyl (C=O) groups excluding carboxylic acids is 1. The van der Waals surface area contributed by atoms with Crippen molar-refractivity contribution in [3.63, 3.8) is 0 Å². The number of carbonyl (C=O) groups is 1. The minimum Gasteiger partial charge on any atom is -0.493 e. The fraction of sp³-hybridized carbons (Fsp3) is 0.222. The summed E-state index contributed by atoms with van der Waals surface area (Å²) in [6.07, 6.45) is 0.676. The Labute approximate surface area is 146 Å². The van der Waals surface area contributed by atoms with Crippen LogP contribution in [0.25, 0.3) is 0 Å². The summed E-state index contributed by atoms with van der Waals surface area (Å²) in [7, 11) is 1.55. The normalized spacial score (nSPS) is 11.0. The summed E-state index contributed by atoms with van der Waals surface area (Å²) in [6.45, 7) is 1.81. The van der Waals surface area contributed by atoms with Gasteiger partial charge in [-0.1, -0.05) is 42.8 Å². The van der Waals surface area contributed by atoms with E-state index in [1.54, 1.807) is 31.4 Å². The molecule has 0 heterocycles. The third-order valence-electron chi connectivity index (χ3n) is 3.26. The standard InChI is InChI=1S/C18H19ClN2O3/c1-3-15(13-8-10-14(19)11-9-13)20-21-18(22)12-24-17-7-5-4-6-16(17)23-2/h4-11H,3,12H2,1-2H3,(H,21,22)/b20-15-. The molecule has 2 rings (SSSR count). The first-order chi connectivity index (χ1) is 11.6. The topological polar surface area (TPSA) is 59.9 Å². The molecular weight excluding hydrogens is 328 g/mol. The lowest BCUT2D eigenvalue weighted by atomic mass is 10.1. The van der Waals surface area contributed by atoms with E-state index in [1.807, 2.05) is 31.2 Å². The van der Waals surface area contributed by atoms with Crippen LogP contribution in [0.3, 0.4) is 0 Å². The number of ether oxygens (including phenoxy) is 2. The summed E-state index contributed by atoms with van der Waals surface area (Å²) >= 11 is 5.87. The molecule has 0 aromatic heterocycles. The number of hydrazone groups is 1. The smallest absolute Gasteiger partial charge is 0.277 e. The van der Waals surface area contributed by atoms with Gasteiger partial charge in [0.25, 0.3) is 5.91 Å². The van der Waals surface area contributed by atoms with Crippen LogP contribution in [0.4, 0.5) is 0 Å². The van der Waals surface area contributed by atoms with Gasteiger partial charge in [-0.3, -0.25) is 4.79 Å². The molecule has 0 unspecified atom stereocenters. The van der Waals surface area contributed by atoms with Crippen LogP contribution in [0.15, 0.2) is 53.6 Å². The predicted molar refractivity (Wildman–Crippen MR) is 94.9 cm³/mol. The Kier molecular flexibility index (Phi) is 6.63. The number of benzene rings is 2. The van der Waals surface area contributed by atoms with Gasteiger partial charge >= 0.3 is 0 Å². The number of amides is 1. The molecule has 1 N–H and O–H groups in total. The molecule has 2 aromatic carbocycles. The summed E-state index contributed by atoms with van der Waals surface area (Å²) in [6, 6.07) is 14.4. The maximum atomic E-state index is 11.9. The summed E-state index contributed by atoms with van der Waals surface area (Å²) in [5, 5.41) is 4.82. The predicted octanol–water partition coefficient (Wildman–Crippen LogP) is 3.66. The van der Waals surface area contributed by atoms with E-state index in [2.05, 4.69) is 10.5 Å².